The van der Waals surface area contributed by atoms with Gasteiger partial charge in [-0.25, -0.2) is 17.6 Å². The molecule has 2 aromatic rings. The number of halogens is 4. The predicted octanol–water partition coefficient (Wildman–Crippen LogP) is 7.06. The summed E-state index contributed by atoms with van der Waals surface area (Å²) in [5.41, 5.74) is -1.23. The summed E-state index contributed by atoms with van der Waals surface area (Å²) in [6, 6.07) is 8.27. The predicted molar refractivity (Wildman–Crippen MR) is 125 cm³/mol. The molecule has 4 nitrogen and oxygen atoms in total. The summed E-state index contributed by atoms with van der Waals surface area (Å²) in [5.74, 6) is -3.89. The zero-order chi connectivity index (χ0) is 26.1. The van der Waals surface area contributed by atoms with Gasteiger partial charge in [0.05, 0.1) is 0 Å². The van der Waals surface area contributed by atoms with Gasteiger partial charge in [-0.05, 0) is 24.2 Å². The second-order valence-corrected chi connectivity index (χ2v) is 9.24. The molecular formula is C26H32F4N2O2Ti. The Labute approximate surface area is 220 Å². The van der Waals surface area contributed by atoms with E-state index < -0.39 is 34.1 Å². The van der Waals surface area contributed by atoms with Gasteiger partial charge in [0, 0.05) is 34.1 Å². The maximum atomic E-state index is 13.3. The molecule has 0 aliphatic heterocycles. The van der Waals surface area contributed by atoms with Crippen LogP contribution >= 0.6 is 0 Å². The van der Waals surface area contributed by atoms with Gasteiger partial charge >= 0.3 is 21.7 Å². The molecule has 2 N–H and O–H groups in total. The normalized spacial score (nSPS) is 11.0. The Morgan fingerprint density at radius 1 is 0.714 bits per heavy atom. The van der Waals surface area contributed by atoms with E-state index in [4.69, 9.17) is 0 Å². The Morgan fingerprint density at radius 3 is 1.29 bits per heavy atom. The number of hydrogen-bond acceptors (Lipinski definition) is 2. The first-order valence-corrected chi connectivity index (χ1v) is 11.1. The minimum atomic E-state index is -0.884. The molecule has 0 aromatic heterocycles. The van der Waals surface area contributed by atoms with Crippen molar-refractivity contribution in [2.24, 2.45) is 10.8 Å². The molecule has 9 heteroatoms. The third kappa shape index (κ3) is 10.5. The topological polar surface area (TPSA) is 58.2 Å². The molecule has 2 rings (SSSR count). The average molecular weight is 528 g/mol. The molecular weight excluding hydrogens is 496 g/mol. The molecule has 0 saturated carbocycles. The van der Waals surface area contributed by atoms with E-state index in [0.29, 0.717) is 12.8 Å². The summed E-state index contributed by atoms with van der Waals surface area (Å²) in [6.07, 6.45) is 3.12. The van der Waals surface area contributed by atoms with Crippen LogP contribution in [0.5, 0.6) is 0 Å². The first-order chi connectivity index (χ1) is 15.7. The van der Waals surface area contributed by atoms with Crippen LogP contribution in [-0.4, -0.2) is 11.8 Å². The van der Waals surface area contributed by atoms with Crippen molar-refractivity contribution in [3.8, 4) is 0 Å². The van der Waals surface area contributed by atoms with Gasteiger partial charge in [0.1, 0.15) is 0 Å². The van der Waals surface area contributed by atoms with Gasteiger partial charge < -0.3 is 10.6 Å². The monoisotopic (exact) mass is 528 g/mol. The number of rotatable bonds is 8. The van der Waals surface area contributed by atoms with Crippen molar-refractivity contribution in [1.29, 1.82) is 0 Å². The first-order valence-electron chi connectivity index (χ1n) is 11.1. The molecule has 0 aliphatic carbocycles. The van der Waals surface area contributed by atoms with Gasteiger partial charge in [-0.15, -0.1) is 36.4 Å². The number of carbonyl (C=O) groups excluding carboxylic acids is 2. The molecule has 0 radical (unpaired) electrons. The van der Waals surface area contributed by atoms with Gasteiger partial charge in [-0.1, -0.05) is 54.4 Å². The Kier molecular flexibility index (Phi) is 13.5. The summed E-state index contributed by atoms with van der Waals surface area (Å²) in [6.45, 7) is 11.1. The van der Waals surface area contributed by atoms with Crippen molar-refractivity contribution in [1.82, 2.24) is 0 Å². The van der Waals surface area contributed by atoms with Crippen molar-refractivity contribution in [3.05, 3.63) is 59.7 Å². The Balaban J connectivity index is 0.000000642. The van der Waals surface area contributed by atoms with Crippen LogP contribution in [0, 0.1) is 46.2 Å². The van der Waals surface area contributed by atoms with E-state index in [9.17, 15) is 27.2 Å². The molecule has 0 fully saturated rings. The fourth-order valence-electron chi connectivity index (χ4n) is 3.14. The fourth-order valence-corrected chi connectivity index (χ4v) is 3.14. The van der Waals surface area contributed by atoms with Gasteiger partial charge in [-0.2, -0.15) is 0 Å². The first kappa shape index (κ1) is 32.8. The molecule has 0 saturated heterocycles. The molecule has 0 atom stereocenters. The SMILES string of the molecule is CCCC(C)(C)C(=O)Nc1ccc(F)[c-]c1F.CCCC(C)(C)C(=O)Nc1ccc(F)[c-]c1F.[Ti+2]. The van der Waals surface area contributed by atoms with Gasteiger partial charge in [0.2, 0.25) is 11.8 Å². The minimum Gasteiger partial charge on any atom is -0.376 e. The van der Waals surface area contributed by atoms with Crippen LogP contribution in [0.25, 0.3) is 0 Å². The Morgan fingerprint density at radius 2 is 1.03 bits per heavy atom. The van der Waals surface area contributed by atoms with Crippen LogP contribution in [0.1, 0.15) is 67.2 Å². The molecule has 0 unspecified atom stereocenters. The molecule has 190 valence electrons. The van der Waals surface area contributed by atoms with Crippen molar-refractivity contribution in [2.75, 3.05) is 10.6 Å². The summed E-state index contributed by atoms with van der Waals surface area (Å²) in [7, 11) is 0. The van der Waals surface area contributed by atoms with Crippen LogP contribution < -0.4 is 10.6 Å². The van der Waals surface area contributed by atoms with Gasteiger partial charge in [-0.3, -0.25) is 9.59 Å². The second-order valence-electron chi connectivity index (χ2n) is 9.24. The maximum absolute atomic E-state index is 13.3. The van der Waals surface area contributed by atoms with Crippen molar-refractivity contribution < 1.29 is 48.9 Å². The van der Waals surface area contributed by atoms with E-state index in [1.165, 1.54) is 12.1 Å². The number of amides is 2. The number of anilines is 2. The zero-order valence-electron chi connectivity index (χ0n) is 21.0. The molecule has 2 amide bonds. The van der Waals surface area contributed by atoms with Crippen LogP contribution in [0.2, 0.25) is 0 Å². The molecule has 0 heterocycles. The van der Waals surface area contributed by atoms with E-state index in [2.05, 4.69) is 10.6 Å². The van der Waals surface area contributed by atoms with Crippen LogP contribution in [-0.2, 0) is 31.3 Å². The summed E-state index contributed by atoms with van der Waals surface area (Å²) in [4.78, 5) is 23.8. The smallest absolute Gasteiger partial charge is 0.376 e. The van der Waals surface area contributed by atoms with E-state index in [-0.39, 0.29) is 44.9 Å². The maximum Gasteiger partial charge on any atom is 2.00 e. The van der Waals surface area contributed by atoms with E-state index in [1.807, 2.05) is 26.0 Å². The van der Waals surface area contributed by atoms with Crippen molar-refractivity contribution in [2.45, 2.75) is 67.2 Å². The van der Waals surface area contributed by atoms with Crippen molar-refractivity contribution in [3.63, 3.8) is 0 Å². The zero-order valence-corrected chi connectivity index (χ0v) is 22.5. The third-order valence-corrected chi connectivity index (χ3v) is 5.20. The van der Waals surface area contributed by atoms with Gasteiger partial charge in [0.15, 0.2) is 0 Å². The molecule has 35 heavy (non-hydrogen) atoms. The quantitative estimate of drug-likeness (QED) is 0.219. The van der Waals surface area contributed by atoms with E-state index >= 15 is 0 Å². The van der Waals surface area contributed by atoms with E-state index in [1.54, 1.807) is 27.7 Å². The van der Waals surface area contributed by atoms with Gasteiger partial charge in [0.25, 0.3) is 0 Å². The summed E-state index contributed by atoms with van der Waals surface area (Å²) in [5, 5.41) is 4.90. The number of nitrogens with one attached hydrogen (secondary N) is 2. The number of benzene rings is 2. The largest absolute Gasteiger partial charge is 2.00 e. The molecule has 0 spiro atoms. The molecule has 0 aliphatic rings. The van der Waals surface area contributed by atoms with Crippen molar-refractivity contribution >= 4 is 23.2 Å². The minimum absolute atomic E-state index is 0. The number of carbonyl (C=O) groups is 2. The second kappa shape index (κ2) is 14.4. The van der Waals surface area contributed by atoms with E-state index in [0.717, 1.165) is 25.0 Å². The van der Waals surface area contributed by atoms with Crippen LogP contribution in [0.15, 0.2) is 24.3 Å². The standard InChI is InChI=1S/2C13H16F2NO.Ti/c2*1-4-7-13(2,3)12(17)16-11-6-5-9(14)8-10(11)15;/h2*5-6H,4,7H2,1-3H3,(H,16,17);/q2*-1;+2. The number of hydrogen-bond donors (Lipinski definition) is 2. The molecule has 2 aromatic carbocycles. The Hall–Kier alpha value is -2.19. The molecule has 0 bridgehead atoms. The van der Waals surface area contributed by atoms with Crippen LogP contribution in [0.3, 0.4) is 0 Å². The summed E-state index contributed by atoms with van der Waals surface area (Å²) < 4.78 is 51.8. The third-order valence-electron chi connectivity index (χ3n) is 5.20. The fraction of sp³-hybridized carbons (Fsp3) is 0.462. The Bertz CT molecular complexity index is 918. The summed E-state index contributed by atoms with van der Waals surface area (Å²) >= 11 is 0. The average Bonchev–Trinajstić information content (AvgIpc) is 2.72. The van der Waals surface area contributed by atoms with Crippen LogP contribution in [0.4, 0.5) is 28.9 Å².